The van der Waals surface area contributed by atoms with Crippen LogP contribution in [-0.2, 0) is 16.9 Å². The highest BCUT2D eigenvalue weighted by atomic mass is 32.2. The van der Waals surface area contributed by atoms with Crippen LogP contribution in [0, 0.1) is 0 Å². The summed E-state index contributed by atoms with van der Waals surface area (Å²) in [5.74, 6) is -0.244. The molecular weight excluding hydrogens is 362 g/mol. The molecule has 0 spiro atoms. The number of aryl methyl sites for hydroxylation is 1. The SMILES string of the molecule is CC(NC(=O)c1cc(-c2ccccc2)nn1C)c1ccc(S(C)(=O)=O)cc1. The quantitative estimate of drug-likeness (QED) is 0.734. The Morgan fingerprint density at radius 1 is 1.07 bits per heavy atom. The van der Waals surface area contributed by atoms with E-state index in [1.54, 1.807) is 42.1 Å². The molecule has 27 heavy (non-hydrogen) atoms. The fourth-order valence-electron chi connectivity index (χ4n) is 2.79. The molecule has 0 aliphatic heterocycles. The number of rotatable bonds is 5. The number of nitrogens with zero attached hydrogens (tertiary/aromatic N) is 2. The summed E-state index contributed by atoms with van der Waals surface area (Å²) in [6, 6.07) is 17.6. The lowest BCUT2D eigenvalue weighted by Crippen LogP contribution is -2.28. The highest BCUT2D eigenvalue weighted by molar-refractivity contribution is 7.90. The van der Waals surface area contributed by atoms with Crippen molar-refractivity contribution in [1.82, 2.24) is 15.1 Å². The molecule has 1 heterocycles. The molecule has 0 radical (unpaired) electrons. The molecule has 3 aromatic rings. The first-order valence-electron chi connectivity index (χ1n) is 8.46. The molecule has 0 saturated heterocycles. The minimum atomic E-state index is -3.24. The van der Waals surface area contributed by atoms with E-state index in [9.17, 15) is 13.2 Å². The summed E-state index contributed by atoms with van der Waals surface area (Å²) >= 11 is 0. The van der Waals surface area contributed by atoms with Gasteiger partial charge in [-0.1, -0.05) is 42.5 Å². The summed E-state index contributed by atoms with van der Waals surface area (Å²) < 4.78 is 24.7. The van der Waals surface area contributed by atoms with Gasteiger partial charge in [0.2, 0.25) is 0 Å². The zero-order chi connectivity index (χ0) is 19.6. The number of hydrogen-bond acceptors (Lipinski definition) is 4. The normalized spacial score (nSPS) is 12.6. The van der Waals surface area contributed by atoms with Crippen molar-refractivity contribution in [1.29, 1.82) is 0 Å². The van der Waals surface area contributed by atoms with Gasteiger partial charge in [0, 0.05) is 18.9 Å². The molecule has 0 fully saturated rings. The first-order chi connectivity index (χ1) is 12.8. The molecule has 1 atom stereocenters. The van der Waals surface area contributed by atoms with Crippen molar-refractivity contribution in [3.8, 4) is 11.3 Å². The average molecular weight is 383 g/mol. The van der Waals surface area contributed by atoms with Gasteiger partial charge in [-0.25, -0.2) is 8.42 Å². The molecule has 1 aromatic heterocycles. The van der Waals surface area contributed by atoms with Gasteiger partial charge in [0.25, 0.3) is 5.91 Å². The van der Waals surface area contributed by atoms with Crippen LogP contribution in [0.4, 0.5) is 0 Å². The number of aromatic nitrogens is 2. The van der Waals surface area contributed by atoms with Crippen molar-refractivity contribution >= 4 is 15.7 Å². The maximum atomic E-state index is 12.7. The Balaban J connectivity index is 1.76. The fraction of sp³-hybridized carbons (Fsp3) is 0.200. The lowest BCUT2D eigenvalue weighted by molar-refractivity contribution is 0.0930. The molecule has 3 rings (SSSR count). The van der Waals surface area contributed by atoms with Crippen molar-refractivity contribution in [2.24, 2.45) is 7.05 Å². The topological polar surface area (TPSA) is 81.1 Å². The third-order valence-corrected chi connectivity index (χ3v) is 5.47. The second-order valence-corrected chi connectivity index (χ2v) is 8.46. The van der Waals surface area contributed by atoms with Crippen LogP contribution >= 0.6 is 0 Å². The van der Waals surface area contributed by atoms with Crippen LogP contribution < -0.4 is 5.32 Å². The predicted molar refractivity (Wildman–Crippen MR) is 104 cm³/mol. The second-order valence-electron chi connectivity index (χ2n) is 6.44. The summed E-state index contributed by atoms with van der Waals surface area (Å²) in [5, 5.41) is 7.34. The van der Waals surface area contributed by atoms with Crippen LogP contribution in [0.15, 0.2) is 65.6 Å². The van der Waals surface area contributed by atoms with Gasteiger partial charge in [0.15, 0.2) is 9.84 Å². The Morgan fingerprint density at radius 2 is 1.70 bits per heavy atom. The Kier molecular flexibility index (Phi) is 5.14. The van der Waals surface area contributed by atoms with Crippen molar-refractivity contribution in [2.75, 3.05) is 6.26 Å². The van der Waals surface area contributed by atoms with Crippen LogP contribution in [0.25, 0.3) is 11.3 Å². The van der Waals surface area contributed by atoms with E-state index in [-0.39, 0.29) is 16.8 Å². The Bertz CT molecular complexity index is 1060. The van der Waals surface area contributed by atoms with E-state index in [1.165, 1.54) is 6.26 Å². The van der Waals surface area contributed by atoms with Crippen LogP contribution in [0.1, 0.15) is 29.0 Å². The Hall–Kier alpha value is -2.93. The maximum Gasteiger partial charge on any atom is 0.270 e. The largest absolute Gasteiger partial charge is 0.344 e. The molecular formula is C20H21N3O3S. The minimum Gasteiger partial charge on any atom is -0.344 e. The highest BCUT2D eigenvalue weighted by Crippen LogP contribution is 2.20. The molecule has 1 N–H and O–H groups in total. The third-order valence-electron chi connectivity index (χ3n) is 4.34. The van der Waals surface area contributed by atoms with E-state index in [4.69, 9.17) is 0 Å². The summed E-state index contributed by atoms with van der Waals surface area (Å²) in [4.78, 5) is 12.9. The van der Waals surface area contributed by atoms with E-state index in [2.05, 4.69) is 10.4 Å². The van der Waals surface area contributed by atoms with Gasteiger partial charge in [0.1, 0.15) is 5.69 Å². The van der Waals surface area contributed by atoms with Crippen molar-refractivity contribution in [3.05, 3.63) is 71.9 Å². The summed E-state index contributed by atoms with van der Waals surface area (Å²) in [5.41, 5.74) is 2.94. The average Bonchev–Trinajstić information content (AvgIpc) is 3.04. The van der Waals surface area contributed by atoms with Gasteiger partial charge in [-0.15, -0.1) is 0 Å². The molecule has 0 aliphatic carbocycles. The monoisotopic (exact) mass is 383 g/mol. The van der Waals surface area contributed by atoms with E-state index >= 15 is 0 Å². The maximum absolute atomic E-state index is 12.7. The van der Waals surface area contributed by atoms with Crippen LogP contribution in [0.5, 0.6) is 0 Å². The van der Waals surface area contributed by atoms with Gasteiger partial charge in [0.05, 0.1) is 16.6 Å². The number of carbonyl (C=O) groups excluding carboxylic acids is 1. The lowest BCUT2D eigenvalue weighted by Gasteiger charge is -2.14. The fourth-order valence-corrected chi connectivity index (χ4v) is 3.42. The summed E-state index contributed by atoms with van der Waals surface area (Å²) in [6.07, 6.45) is 1.17. The molecule has 6 nitrogen and oxygen atoms in total. The minimum absolute atomic E-state index is 0.244. The van der Waals surface area contributed by atoms with Crippen LogP contribution in [-0.4, -0.2) is 30.4 Å². The number of benzene rings is 2. The standard InChI is InChI=1S/C20H21N3O3S/c1-14(15-9-11-17(12-10-15)27(3,25)26)21-20(24)19-13-18(22-23(19)2)16-7-5-4-6-8-16/h4-14H,1-3H3,(H,21,24). The number of carbonyl (C=O) groups is 1. The first-order valence-corrected chi connectivity index (χ1v) is 10.3. The summed E-state index contributed by atoms with van der Waals surface area (Å²) in [7, 11) is -1.51. The van der Waals surface area contributed by atoms with Crippen LogP contribution in [0.2, 0.25) is 0 Å². The number of amides is 1. The Morgan fingerprint density at radius 3 is 2.30 bits per heavy atom. The van der Waals surface area contributed by atoms with Crippen molar-refractivity contribution in [3.63, 3.8) is 0 Å². The summed E-state index contributed by atoms with van der Waals surface area (Å²) in [6.45, 7) is 1.85. The number of nitrogens with one attached hydrogen (secondary N) is 1. The highest BCUT2D eigenvalue weighted by Gasteiger charge is 2.17. The smallest absolute Gasteiger partial charge is 0.270 e. The second kappa shape index (κ2) is 7.36. The van der Waals surface area contributed by atoms with Gasteiger partial charge in [-0.3, -0.25) is 9.48 Å². The molecule has 0 aliphatic rings. The molecule has 7 heteroatoms. The van der Waals surface area contributed by atoms with Gasteiger partial charge >= 0.3 is 0 Å². The zero-order valence-electron chi connectivity index (χ0n) is 15.4. The third kappa shape index (κ3) is 4.25. The number of hydrogen-bond donors (Lipinski definition) is 1. The first kappa shape index (κ1) is 18.8. The van der Waals surface area contributed by atoms with E-state index in [0.29, 0.717) is 5.69 Å². The van der Waals surface area contributed by atoms with E-state index in [0.717, 1.165) is 16.8 Å². The van der Waals surface area contributed by atoms with Crippen molar-refractivity contribution in [2.45, 2.75) is 17.9 Å². The Labute approximate surface area is 158 Å². The number of sulfone groups is 1. The zero-order valence-corrected chi connectivity index (χ0v) is 16.2. The molecule has 140 valence electrons. The predicted octanol–water partition coefficient (Wildman–Crippen LogP) is 2.98. The lowest BCUT2D eigenvalue weighted by atomic mass is 10.1. The molecule has 0 saturated carbocycles. The van der Waals surface area contributed by atoms with Gasteiger partial charge < -0.3 is 5.32 Å². The van der Waals surface area contributed by atoms with Crippen molar-refractivity contribution < 1.29 is 13.2 Å². The van der Waals surface area contributed by atoms with Gasteiger partial charge in [-0.05, 0) is 30.7 Å². The van der Waals surface area contributed by atoms with Crippen LogP contribution in [0.3, 0.4) is 0 Å². The molecule has 1 unspecified atom stereocenters. The molecule has 1 amide bonds. The molecule has 2 aromatic carbocycles. The van der Waals surface area contributed by atoms with E-state index in [1.807, 2.05) is 37.3 Å². The molecule has 0 bridgehead atoms. The van der Waals surface area contributed by atoms with Gasteiger partial charge in [-0.2, -0.15) is 5.10 Å². The van der Waals surface area contributed by atoms with E-state index < -0.39 is 9.84 Å².